The summed E-state index contributed by atoms with van der Waals surface area (Å²) in [6.07, 6.45) is 1.72. The number of hydrazine groups is 1. The minimum Gasteiger partial charge on any atom is -0.318 e. The van der Waals surface area contributed by atoms with Crippen LogP contribution in [0.2, 0.25) is 0 Å². The predicted octanol–water partition coefficient (Wildman–Crippen LogP) is 2.63. The van der Waals surface area contributed by atoms with Crippen LogP contribution < -0.4 is 11.3 Å². The maximum Gasteiger partial charge on any atom is 0.293 e. The lowest BCUT2D eigenvalue weighted by Crippen LogP contribution is -2.11. The summed E-state index contributed by atoms with van der Waals surface area (Å²) in [5.41, 5.74) is 3.52. The van der Waals surface area contributed by atoms with Crippen LogP contribution in [0.4, 0.5) is 11.4 Å². The molecule has 0 bridgehead atoms. The molecule has 0 aliphatic heterocycles. The zero-order chi connectivity index (χ0) is 13.0. The van der Waals surface area contributed by atoms with Crippen LogP contribution in [0.15, 0.2) is 34.1 Å². The molecule has 3 N–H and O–H groups in total. The first-order valence-corrected chi connectivity index (χ1v) is 6.84. The van der Waals surface area contributed by atoms with E-state index in [0.717, 1.165) is 9.90 Å². The van der Waals surface area contributed by atoms with Crippen molar-refractivity contribution in [1.29, 1.82) is 0 Å². The monoisotopic (exact) mass is 282 g/mol. The highest BCUT2D eigenvalue weighted by atomic mass is 32.2. The smallest absolute Gasteiger partial charge is 0.293 e. The van der Waals surface area contributed by atoms with Crippen molar-refractivity contribution in [3.05, 3.63) is 45.5 Å². The Balaban J connectivity index is 2.22. The van der Waals surface area contributed by atoms with Gasteiger partial charge in [0.05, 0.1) is 4.92 Å². The summed E-state index contributed by atoms with van der Waals surface area (Å²) < 4.78 is 0.921. The first-order valence-electron chi connectivity index (χ1n) is 4.97. The summed E-state index contributed by atoms with van der Waals surface area (Å²) in [4.78, 5) is 14.5. The van der Waals surface area contributed by atoms with E-state index in [0.29, 0.717) is 11.4 Å². The summed E-state index contributed by atoms with van der Waals surface area (Å²) in [7, 11) is 0. The van der Waals surface area contributed by atoms with Gasteiger partial charge in [-0.1, -0.05) is 23.9 Å². The van der Waals surface area contributed by atoms with E-state index in [2.05, 4.69) is 10.4 Å². The van der Waals surface area contributed by atoms with Gasteiger partial charge in [0.25, 0.3) is 5.69 Å². The van der Waals surface area contributed by atoms with E-state index in [1.54, 1.807) is 12.3 Å². The topological polar surface area (TPSA) is 94.1 Å². The van der Waals surface area contributed by atoms with Crippen molar-refractivity contribution in [1.82, 2.24) is 4.98 Å². The third-order valence-corrected chi connectivity index (χ3v) is 4.25. The van der Waals surface area contributed by atoms with Crippen LogP contribution in [0.1, 0.15) is 5.56 Å². The molecule has 1 aromatic heterocycles. The number of nitro benzene ring substituents is 1. The average molecular weight is 282 g/mol. The zero-order valence-electron chi connectivity index (χ0n) is 9.20. The minimum absolute atomic E-state index is 0.0188. The molecule has 0 amide bonds. The molecule has 18 heavy (non-hydrogen) atoms. The molecule has 2 aromatic rings. The molecule has 94 valence electrons. The lowest BCUT2D eigenvalue weighted by Gasteiger charge is -2.08. The summed E-state index contributed by atoms with van der Waals surface area (Å²) in [6, 6.07) is 4.88. The van der Waals surface area contributed by atoms with Gasteiger partial charge >= 0.3 is 0 Å². The first kappa shape index (κ1) is 12.8. The largest absolute Gasteiger partial charge is 0.318 e. The number of aromatic nitrogens is 1. The van der Waals surface area contributed by atoms with E-state index >= 15 is 0 Å². The van der Waals surface area contributed by atoms with Crippen LogP contribution >= 0.6 is 23.1 Å². The van der Waals surface area contributed by atoms with Gasteiger partial charge in [0, 0.05) is 23.4 Å². The Hall–Kier alpha value is -1.64. The molecule has 0 aliphatic rings. The van der Waals surface area contributed by atoms with Gasteiger partial charge < -0.3 is 5.43 Å². The van der Waals surface area contributed by atoms with Crippen molar-refractivity contribution in [2.75, 3.05) is 5.43 Å². The first-order chi connectivity index (χ1) is 8.72. The Morgan fingerprint density at radius 1 is 1.56 bits per heavy atom. The third-order valence-electron chi connectivity index (χ3n) is 2.23. The van der Waals surface area contributed by atoms with Crippen molar-refractivity contribution in [2.45, 2.75) is 10.1 Å². The number of rotatable bonds is 5. The molecule has 0 saturated carbocycles. The average Bonchev–Trinajstić information content (AvgIpc) is 2.88. The number of nitrogens with one attached hydrogen (secondary N) is 1. The second-order valence-corrected chi connectivity index (χ2v) is 5.42. The number of nitrogens with two attached hydrogens (primary N) is 1. The number of hydrogen-bond donors (Lipinski definition) is 2. The zero-order valence-corrected chi connectivity index (χ0v) is 10.8. The van der Waals surface area contributed by atoms with Crippen LogP contribution in [-0.2, 0) is 5.75 Å². The molecule has 2 rings (SSSR count). The number of nitro groups is 1. The van der Waals surface area contributed by atoms with Crippen LogP contribution in [0.5, 0.6) is 0 Å². The van der Waals surface area contributed by atoms with Crippen LogP contribution in [0.3, 0.4) is 0 Å². The van der Waals surface area contributed by atoms with Gasteiger partial charge in [0.15, 0.2) is 0 Å². The predicted molar refractivity (Wildman–Crippen MR) is 72.6 cm³/mol. The van der Waals surface area contributed by atoms with Crippen molar-refractivity contribution in [3.63, 3.8) is 0 Å². The Kier molecular flexibility index (Phi) is 4.13. The van der Waals surface area contributed by atoms with Gasteiger partial charge in [0.1, 0.15) is 10.0 Å². The summed E-state index contributed by atoms with van der Waals surface area (Å²) in [5, 5.41) is 12.7. The summed E-state index contributed by atoms with van der Waals surface area (Å²) in [6.45, 7) is 0. The number of benzene rings is 1. The molecular weight excluding hydrogens is 272 g/mol. The fourth-order valence-corrected chi connectivity index (χ4v) is 3.08. The Bertz CT molecular complexity index is 545. The molecule has 0 spiro atoms. The Labute approximate surface area is 111 Å². The molecule has 1 aromatic carbocycles. The molecule has 0 unspecified atom stereocenters. The lowest BCUT2D eigenvalue weighted by atomic mass is 10.2. The maximum atomic E-state index is 10.9. The van der Waals surface area contributed by atoms with Crippen molar-refractivity contribution in [2.24, 2.45) is 5.84 Å². The van der Waals surface area contributed by atoms with E-state index in [1.165, 1.54) is 29.2 Å². The Morgan fingerprint density at radius 2 is 2.39 bits per heavy atom. The second kappa shape index (κ2) is 5.80. The fraction of sp³-hybridized carbons (Fsp3) is 0.100. The molecule has 6 nitrogen and oxygen atoms in total. The van der Waals surface area contributed by atoms with Crippen LogP contribution in [0.25, 0.3) is 0 Å². The van der Waals surface area contributed by atoms with Crippen LogP contribution in [0, 0.1) is 10.1 Å². The third kappa shape index (κ3) is 2.78. The van der Waals surface area contributed by atoms with Gasteiger partial charge in [-0.3, -0.25) is 16.0 Å². The number of nitrogen functional groups attached to an aromatic ring is 1. The van der Waals surface area contributed by atoms with E-state index in [-0.39, 0.29) is 5.69 Å². The molecule has 0 atom stereocenters. The quantitative estimate of drug-likeness (QED) is 0.379. The van der Waals surface area contributed by atoms with E-state index in [1.807, 2.05) is 11.4 Å². The highest BCUT2D eigenvalue weighted by Crippen LogP contribution is 2.32. The SMILES string of the molecule is NNc1c(CSc2nccs2)cccc1[N+](=O)[O-]. The standard InChI is InChI=1S/C10H10N4O2S2/c11-13-9-7(2-1-3-8(9)14(15)16)6-18-10-12-4-5-17-10/h1-5,13H,6,11H2. The van der Waals surface area contributed by atoms with E-state index in [4.69, 9.17) is 5.84 Å². The van der Waals surface area contributed by atoms with E-state index in [9.17, 15) is 10.1 Å². The summed E-state index contributed by atoms with van der Waals surface area (Å²) in [5.74, 6) is 5.94. The number of anilines is 1. The van der Waals surface area contributed by atoms with Crippen molar-refractivity contribution >= 4 is 34.5 Å². The van der Waals surface area contributed by atoms with Gasteiger partial charge in [-0.15, -0.1) is 11.3 Å². The number of para-hydroxylation sites is 1. The fourth-order valence-electron chi connectivity index (χ4n) is 1.45. The Morgan fingerprint density at radius 3 is 3.00 bits per heavy atom. The molecule has 8 heteroatoms. The highest BCUT2D eigenvalue weighted by molar-refractivity contribution is 8.00. The molecule has 0 radical (unpaired) electrons. The number of thioether (sulfide) groups is 1. The maximum absolute atomic E-state index is 10.9. The van der Waals surface area contributed by atoms with Crippen molar-refractivity contribution in [3.8, 4) is 0 Å². The normalized spacial score (nSPS) is 10.3. The van der Waals surface area contributed by atoms with Gasteiger partial charge in [-0.05, 0) is 5.56 Å². The van der Waals surface area contributed by atoms with Gasteiger partial charge in [-0.25, -0.2) is 4.98 Å². The lowest BCUT2D eigenvalue weighted by molar-refractivity contribution is -0.384. The van der Waals surface area contributed by atoms with Gasteiger partial charge in [0.2, 0.25) is 0 Å². The highest BCUT2D eigenvalue weighted by Gasteiger charge is 2.16. The second-order valence-electron chi connectivity index (χ2n) is 3.30. The molecular formula is C10H10N4O2S2. The van der Waals surface area contributed by atoms with Gasteiger partial charge in [-0.2, -0.15) is 0 Å². The number of hydrogen-bond acceptors (Lipinski definition) is 7. The van der Waals surface area contributed by atoms with Crippen LogP contribution in [-0.4, -0.2) is 9.91 Å². The molecule has 0 saturated heterocycles. The van der Waals surface area contributed by atoms with E-state index < -0.39 is 4.92 Å². The minimum atomic E-state index is -0.452. The number of nitrogens with zero attached hydrogens (tertiary/aromatic N) is 2. The van der Waals surface area contributed by atoms with Crippen molar-refractivity contribution < 1.29 is 4.92 Å². The molecule has 0 fully saturated rings. The molecule has 1 heterocycles. The number of thiazole rings is 1. The summed E-state index contributed by atoms with van der Waals surface area (Å²) >= 11 is 3.05. The molecule has 0 aliphatic carbocycles.